The average molecular weight is 341 g/mol. The number of para-hydroxylation sites is 1. The normalized spacial score (nSPS) is 14.2. The molecule has 3 rings (SSSR count). The van der Waals surface area contributed by atoms with Gasteiger partial charge < -0.3 is 14.5 Å². The van der Waals surface area contributed by atoms with Gasteiger partial charge in [0, 0.05) is 38.0 Å². The number of anilines is 2. The molecule has 0 bridgehead atoms. The second kappa shape index (κ2) is 7.31. The number of hydrogen-bond acceptors (Lipinski definition) is 5. The molecular weight excluding hydrogens is 322 g/mol. The van der Waals surface area contributed by atoms with E-state index >= 15 is 0 Å². The van der Waals surface area contributed by atoms with Crippen LogP contribution in [0.1, 0.15) is 10.4 Å². The first-order valence-corrected chi connectivity index (χ1v) is 8.02. The molecule has 1 heterocycles. The topological polar surface area (TPSA) is 75.9 Å². The van der Waals surface area contributed by atoms with Gasteiger partial charge in [-0.05, 0) is 18.2 Å². The van der Waals surface area contributed by atoms with Crippen LogP contribution in [0.15, 0.2) is 48.5 Å². The Balaban J connectivity index is 2.00. The lowest BCUT2D eigenvalue weighted by molar-refractivity contribution is -0.384. The van der Waals surface area contributed by atoms with Crippen molar-refractivity contribution in [2.75, 3.05) is 43.2 Å². The highest BCUT2D eigenvalue weighted by atomic mass is 16.6. The standard InChI is InChI=1S/C18H19N3O4/c1-19(14-5-3-2-4-6-14)18(22)16-13-15(21(23)24)7-8-17(16)20-9-11-25-12-10-20/h2-8,13H,9-12H2,1H3. The van der Waals surface area contributed by atoms with Crippen molar-refractivity contribution < 1.29 is 14.5 Å². The van der Waals surface area contributed by atoms with E-state index < -0.39 is 4.92 Å². The first-order chi connectivity index (χ1) is 12.1. The molecule has 1 amide bonds. The van der Waals surface area contributed by atoms with Crippen LogP contribution in [0, 0.1) is 10.1 Å². The summed E-state index contributed by atoms with van der Waals surface area (Å²) in [4.78, 5) is 27.2. The number of nitrogens with zero attached hydrogens (tertiary/aromatic N) is 3. The molecule has 0 radical (unpaired) electrons. The van der Waals surface area contributed by atoms with Crippen LogP contribution in [-0.4, -0.2) is 44.2 Å². The average Bonchev–Trinajstić information content (AvgIpc) is 2.67. The molecule has 7 heteroatoms. The zero-order chi connectivity index (χ0) is 17.8. The molecule has 2 aromatic rings. The van der Waals surface area contributed by atoms with Crippen LogP contribution >= 0.6 is 0 Å². The minimum absolute atomic E-state index is 0.0955. The van der Waals surface area contributed by atoms with Crippen molar-refractivity contribution >= 4 is 23.0 Å². The molecule has 0 aliphatic carbocycles. The van der Waals surface area contributed by atoms with Crippen LogP contribution in [-0.2, 0) is 4.74 Å². The summed E-state index contributed by atoms with van der Waals surface area (Å²) in [7, 11) is 1.67. The smallest absolute Gasteiger partial charge is 0.270 e. The van der Waals surface area contributed by atoms with Crippen LogP contribution in [0.4, 0.5) is 17.1 Å². The van der Waals surface area contributed by atoms with Crippen molar-refractivity contribution in [3.63, 3.8) is 0 Å². The summed E-state index contributed by atoms with van der Waals surface area (Å²) in [6.07, 6.45) is 0. The Morgan fingerprint density at radius 1 is 1.16 bits per heavy atom. The van der Waals surface area contributed by atoms with Gasteiger partial charge in [0.1, 0.15) is 0 Å². The molecule has 1 aliphatic rings. The molecule has 0 saturated carbocycles. The van der Waals surface area contributed by atoms with Crippen molar-refractivity contribution in [3.05, 3.63) is 64.2 Å². The Kier molecular flexibility index (Phi) is 4.95. The van der Waals surface area contributed by atoms with Gasteiger partial charge in [-0.25, -0.2) is 0 Å². The fourth-order valence-electron chi connectivity index (χ4n) is 2.84. The van der Waals surface area contributed by atoms with E-state index in [1.54, 1.807) is 13.1 Å². The number of amides is 1. The number of carbonyl (C=O) groups excluding carboxylic acids is 1. The van der Waals surface area contributed by atoms with Gasteiger partial charge in [0.25, 0.3) is 11.6 Å². The molecule has 1 fully saturated rings. The molecule has 2 aromatic carbocycles. The first-order valence-electron chi connectivity index (χ1n) is 8.02. The number of hydrogen-bond donors (Lipinski definition) is 0. The minimum atomic E-state index is -0.484. The van der Waals surface area contributed by atoms with E-state index in [4.69, 9.17) is 4.74 Å². The summed E-state index contributed by atoms with van der Waals surface area (Å²) >= 11 is 0. The largest absolute Gasteiger partial charge is 0.378 e. The van der Waals surface area contributed by atoms with Crippen molar-refractivity contribution in [2.24, 2.45) is 0 Å². The Labute approximate surface area is 145 Å². The maximum absolute atomic E-state index is 13.0. The predicted octanol–water partition coefficient (Wildman–Crippen LogP) is 2.71. The number of nitro benzene ring substituents is 1. The fraction of sp³-hybridized carbons (Fsp3) is 0.278. The third kappa shape index (κ3) is 3.61. The molecule has 1 saturated heterocycles. The van der Waals surface area contributed by atoms with Crippen LogP contribution < -0.4 is 9.80 Å². The highest BCUT2D eigenvalue weighted by Gasteiger charge is 2.24. The van der Waals surface area contributed by atoms with Gasteiger partial charge in [-0.1, -0.05) is 18.2 Å². The van der Waals surface area contributed by atoms with Crippen LogP contribution in [0.2, 0.25) is 0 Å². The number of benzene rings is 2. The molecule has 130 valence electrons. The minimum Gasteiger partial charge on any atom is -0.378 e. The molecule has 0 unspecified atom stereocenters. The van der Waals surface area contributed by atoms with E-state index in [1.807, 2.05) is 35.2 Å². The van der Waals surface area contributed by atoms with E-state index in [9.17, 15) is 14.9 Å². The molecule has 0 atom stereocenters. The second-order valence-electron chi connectivity index (χ2n) is 5.76. The zero-order valence-electron chi connectivity index (χ0n) is 13.9. The van der Waals surface area contributed by atoms with E-state index in [-0.39, 0.29) is 11.6 Å². The Morgan fingerprint density at radius 3 is 2.48 bits per heavy atom. The van der Waals surface area contributed by atoms with E-state index in [2.05, 4.69) is 0 Å². The van der Waals surface area contributed by atoms with E-state index in [0.717, 1.165) is 5.69 Å². The van der Waals surface area contributed by atoms with Crippen molar-refractivity contribution in [1.82, 2.24) is 0 Å². The number of ether oxygens (including phenoxy) is 1. The van der Waals surface area contributed by atoms with Gasteiger partial charge >= 0.3 is 0 Å². The lowest BCUT2D eigenvalue weighted by Crippen LogP contribution is -2.38. The Hall–Kier alpha value is -2.93. The first kappa shape index (κ1) is 16.9. The molecule has 1 aliphatic heterocycles. The predicted molar refractivity (Wildman–Crippen MR) is 95.3 cm³/mol. The van der Waals surface area contributed by atoms with E-state index in [1.165, 1.54) is 17.0 Å². The SMILES string of the molecule is CN(C(=O)c1cc([N+](=O)[O-])ccc1N1CCOCC1)c1ccccc1. The monoisotopic (exact) mass is 341 g/mol. The van der Waals surface area contributed by atoms with Crippen LogP contribution in [0.3, 0.4) is 0 Å². The number of nitro groups is 1. The Morgan fingerprint density at radius 2 is 1.84 bits per heavy atom. The van der Waals surface area contributed by atoms with E-state index in [0.29, 0.717) is 37.6 Å². The summed E-state index contributed by atoms with van der Waals surface area (Å²) in [6, 6.07) is 13.6. The third-order valence-electron chi connectivity index (χ3n) is 4.22. The molecular formula is C18H19N3O4. The zero-order valence-corrected chi connectivity index (χ0v) is 13.9. The van der Waals surface area contributed by atoms with Crippen LogP contribution in [0.25, 0.3) is 0 Å². The summed E-state index contributed by atoms with van der Waals surface area (Å²) in [6.45, 7) is 2.43. The summed E-state index contributed by atoms with van der Waals surface area (Å²) in [5.74, 6) is -0.281. The molecule has 0 aromatic heterocycles. The summed E-state index contributed by atoms with van der Waals surface area (Å²) in [5, 5.41) is 11.2. The van der Waals surface area contributed by atoms with Gasteiger partial charge in [0.05, 0.1) is 29.4 Å². The van der Waals surface area contributed by atoms with Gasteiger partial charge in [-0.15, -0.1) is 0 Å². The summed E-state index contributed by atoms with van der Waals surface area (Å²) in [5.41, 5.74) is 1.65. The van der Waals surface area contributed by atoms with Gasteiger partial charge in [-0.3, -0.25) is 14.9 Å². The lowest BCUT2D eigenvalue weighted by atomic mass is 10.1. The van der Waals surface area contributed by atoms with Crippen molar-refractivity contribution in [1.29, 1.82) is 0 Å². The molecule has 0 N–H and O–H groups in total. The van der Waals surface area contributed by atoms with Gasteiger partial charge in [-0.2, -0.15) is 0 Å². The maximum Gasteiger partial charge on any atom is 0.270 e. The number of non-ortho nitro benzene ring substituents is 1. The maximum atomic E-state index is 13.0. The molecule has 25 heavy (non-hydrogen) atoms. The van der Waals surface area contributed by atoms with Crippen LogP contribution in [0.5, 0.6) is 0 Å². The highest BCUT2D eigenvalue weighted by Crippen LogP contribution is 2.28. The van der Waals surface area contributed by atoms with Gasteiger partial charge in [0.15, 0.2) is 0 Å². The Bertz CT molecular complexity index is 773. The fourth-order valence-corrected chi connectivity index (χ4v) is 2.84. The molecule has 7 nitrogen and oxygen atoms in total. The number of carbonyl (C=O) groups is 1. The molecule has 0 spiro atoms. The third-order valence-corrected chi connectivity index (χ3v) is 4.22. The summed E-state index contributed by atoms with van der Waals surface area (Å²) < 4.78 is 5.36. The second-order valence-corrected chi connectivity index (χ2v) is 5.76. The quantitative estimate of drug-likeness (QED) is 0.631. The number of rotatable bonds is 4. The lowest BCUT2D eigenvalue weighted by Gasteiger charge is -2.31. The number of morpholine rings is 1. The van der Waals surface area contributed by atoms with Crippen molar-refractivity contribution in [3.8, 4) is 0 Å². The van der Waals surface area contributed by atoms with Gasteiger partial charge in [0.2, 0.25) is 0 Å². The highest BCUT2D eigenvalue weighted by molar-refractivity contribution is 6.09. The van der Waals surface area contributed by atoms with Crippen molar-refractivity contribution in [2.45, 2.75) is 0 Å².